The number of carbonyl (C=O) groups is 1. The lowest BCUT2D eigenvalue weighted by atomic mass is 9.83. The smallest absolute Gasteiger partial charge is 0.303 e. The van der Waals surface area contributed by atoms with Crippen LogP contribution in [0.15, 0.2) is 24.3 Å². The first-order chi connectivity index (χ1) is 8.88. The van der Waals surface area contributed by atoms with Crippen LogP contribution in [0.2, 0.25) is 0 Å². The lowest BCUT2D eigenvalue weighted by molar-refractivity contribution is -0.138. The summed E-state index contributed by atoms with van der Waals surface area (Å²) in [5.74, 6) is -0.883. The number of anilines is 1. The van der Waals surface area contributed by atoms with E-state index in [-0.39, 0.29) is 23.7 Å². The minimum Gasteiger partial charge on any atom is -0.481 e. The number of rotatable bonds is 3. The van der Waals surface area contributed by atoms with Gasteiger partial charge in [0.05, 0.1) is 0 Å². The predicted molar refractivity (Wildman–Crippen MR) is 72.8 cm³/mol. The van der Waals surface area contributed by atoms with Crippen LogP contribution in [0.5, 0.6) is 0 Å². The maximum atomic E-state index is 13.4. The summed E-state index contributed by atoms with van der Waals surface area (Å²) >= 11 is 0. The van der Waals surface area contributed by atoms with Gasteiger partial charge in [0.25, 0.3) is 0 Å². The zero-order chi connectivity index (χ0) is 14.0. The van der Waals surface area contributed by atoms with Crippen molar-refractivity contribution in [1.82, 2.24) is 0 Å². The van der Waals surface area contributed by atoms with Crippen LogP contribution in [-0.2, 0) is 4.79 Å². The average Bonchev–Trinajstić information content (AvgIpc) is 2.31. The molecule has 1 aliphatic rings. The van der Waals surface area contributed by atoms with E-state index in [0.29, 0.717) is 6.54 Å². The van der Waals surface area contributed by atoms with Crippen molar-refractivity contribution in [3.8, 4) is 0 Å². The highest BCUT2D eigenvalue weighted by molar-refractivity contribution is 5.67. The largest absolute Gasteiger partial charge is 0.481 e. The summed E-state index contributed by atoms with van der Waals surface area (Å²) in [6.07, 6.45) is 2.01. The number of hydrogen-bond acceptors (Lipinski definition) is 2. The molecule has 1 heterocycles. The third-order valence-corrected chi connectivity index (χ3v) is 3.92. The molecule has 19 heavy (non-hydrogen) atoms. The molecule has 1 aromatic carbocycles. The van der Waals surface area contributed by atoms with Crippen molar-refractivity contribution in [3.63, 3.8) is 0 Å². The van der Waals surface area contributed by atoms with Gasteiger partial charge in [-0.1, -0.05) is 6.07 Å². The Kier molecular flexibility index (Phi) is 3.78. The number of hydrogen-bond donors (Lipinski definition) is 1. The standard InChI is InChI=1S/C15H20FNO2/c1-15(2)7-6-11(8-14(18)19)10-17(15)13-5-3-4-12(16)9-13/h3-5,9,11H,6-8,10H2,1-2H3,(H,18,19). The molecule has 0 spiro atoms. The molecule has 0 aromatic heterocycles. The summed E-state index contributed by atoms with van der Waals surface area (Å²) < 4.78 is 13.4. The van der Waals surface area contributed by atoms with Crippen molar-refractivity contribution in [2.75, 3.05) is 11.4 Å². The third kappa shape index (κ3) is 3.25. The van der Waals surface area contributed by atoms with E-state index in [1.54, 1.807) is 6.07 Å². The van der Waals surface area contributed by atoms with Gasteiger partial charge in [-0.3, -0.25) is 4.79 Å². The van der Waals surface area contributed by atoms with Crippen molar-refractivity contribution in [3.05, 3.63) is 30.1 Å². The Balaban J connectivity index is 2.21. The van der Waals surface area contributed by atoms with Crippen LogP contribution in [0.4, 0.5) is 10.1 Å². The van der Waals surface area contributed by atoms with Crippen molar-refractivity contribution in [2.24, 2.45) is 5.92 Å². The minimum absolute atomic E-state index is 0.0667. The van der Waals surface area contributed by atoms with Crippen molar-refractivity contribution in [2.45, 2.75) is 38.6 Å². The first-order valence-electron chi connectivity index (χ1n) is 6.63. The molecule has 104 valence electrons. The Morgan fingerprint density at radius 1 is 1.53 bits per heavy atom. The second kappa shape index (κ2) is 5.19. The van der Waals surface area contributed by atoms with Crippen LogP contribution in [0, 0.1) is 11.7 Å². The van der Waals surface area contributed by atoms with Gasteiger partial charge in [-0.2, -0.15) is 0 Å². The fourth-order valence-electron chi connectivity index (χ4n) is 2.80. The van der Waals surface area contributed by atoms with Crippen molar-refractivity contribution < 1.29 is 14.3 Å². The fourth-order valence-corrected chi connectivity index (χ4v) is 2.80. The molecule has 1 fully saturated rings. The molecular formula is C15H20FNO2. The Labute approximate surface area is 113 Å². The van der Waals surface area contributed by atoms with Gasteiger partial charge in [-0.05, 0) is 50.8 Å². The van der Waals surface area contributed by atoms with E-state index in [1.807, 2.05) is 6.07 Å². The normalized spacial score (nSPS) is 22.3. The molecular weight excluding hydrogens is 245 g/mol. The summed E-state index contributed by atoms with van der Waals surface area (Å²) in [7, 11) is 0. The Bertz CT molecular complexity index is 473. The van der Waals surface area contributed by atoms with Gasteiger partial charge in [-0.15, -0.1) is 0 Å². The first-order valence-corrected chi connectivity index (χ1v) is 6.63. The van der Waals surface area contributed by atoms with Crippen LogP contribution in [0.25, 0.3) is 0 Å². The van der Waals surface area contributed by atoms with Crippen LogP contribution in [-0.4, -0.2) is 23.2 Å². The second-order valence-electron chi connectivity index (χ2n) is 5.91. The van der Waals surface area contributed by atoms with Crippen LogP contribution in [0.3, 0.4) is 0 Å². The summed E-state index contributed by atoms with van der Waals surface area (Å²) in [5, 5.41) is 8.92. The van der Waals surface area contributed by atoms with E-state index in [4.69, 9.17) is 5.11 Å². The van der Waals surface area contributed by atoms with Crippen molar-refractivity contribution >= 4 is 11.7 Å². The zero-order valence-corrected chi connectivity index (χ0v) is 11.4. The average molecular weight is 265 g/mol. The summed E-state index contributed by atoms with van der Waals surface area (Å²) in [5.41, 5.74) is 0.767. The lowest BCUT2D eigenvalue weighted by Gasteiger charge is -2.47. The Hall–Kier alpha value is -1.58. The summed E-state index contributed by atoms with van der Waals surface area (Å²) in [6, 6.07) is 6.52. The highest BCUT2D eigenvalue weighted by Crippen LogP contribution is 2.36. The molecule has 1 unspecified atom stereocenters. The SMILES string of the molecule is CC1(C)CCC(CC(=O)O)CN1c1cccc(F)c1. The van der Waals surface area contributed by atoms with Gasteiger partial charge in [0, 0.05) is 24.2 Å². The summed E-state index contributed by atoms with van der Waals surface area (Å²) in [6.45, 7) is 4.91. The third-order valence-electron chi connectivity index (χ3n) is 3.92. The highest BCUT2D eigenvalue weighted by Gasteiger charge is 2.35. The van der Waals surface area contributed by atoms with E-state index in [2.05, 4.69) is 18.7 Å². The molecule has 1 atom stereocenters. The molecule has 4 heteroatoms. The predicted octanol–water partition coefficient (Wildman–Crippen LogP) is 3.30. The zero-order valence-electron chi connectivity index (χ0n) is 11.4. The second-order valence-corrected chi connectivity index (χ2v) is 5.91. The summed E-state index contributed by atoms with van der Waals surface area (Å²) in [4.78, 5) is 13.0. The molecule has 1 N–H and O–H groups in total. The van der Waals surface area contributed by atoms with Crippen LogP contribution >= 0.6 is 0 Å². The topological polar surface area (TPSA) is 40.5 Å². The molecule has 0 aliphatic carbocycles. The van der Waals surface area contributed by atoms with E-state index >= 15 is 0 Å². The van der Waals surface area contributed by atoms with Crippen LogP contribution < -0.4 is 4.90 Å². The van der Waals surface area contributed by atoms with Gasteiger partial charge in [-0.25, -0.2) is 4.39 Å². The Morgan fingerprint density at radius 3 is 2.89 bits per heavy atom. The molecule has 0 amide bonds. The van der Waals surface area contributed by atoms with E-state index < -0.39 is 5.97 Å². The van der Waals surface area contributed by atoms with Crippen molar-refractivity contribution in [1.29, 1.82) is 0 Å². The molecule has 0 saturated carbocycles. The van der Waals surface area contributed by atoms with Gasteiger partial charge in [0.2, 0.25) is 0 Å². The number of carboxylic acid groups (broad SMARTS) is 1. The van der Waals surface area contributed by atoms with Gasteiger partial charge in [0.1, 0.15) is 5.82 Å². The maximum absolute atomic E-state index is 13.4. The number of halogens is 1. The van der Waals surface area contributed by atoms with Crippen LogP contribution in [0.1, 0.15) is 33.1 Å². The molecule has 1 aromatic rings. The van der Waals surface area contributed by atoms with E-state index in [1.165, 1.54) is 12.1 Å². The van der Waals surface area contributed by atoms with E-state index in [9.17, 15) is 9.18 Å². The van der Waals surface area contributed by atoms with Gasteiger partial charge < -0.3 is 10.0 Å². The molecule has 0 radical (unpaired) electrons. The number of carboxylic acids is 1. The number of piperidine rings is 1. The molecule has 3 nitrogen and oxygen atoms in total. The van der Waals surface area contributed by atoms with Gasteiger partial charge >= 0.3 is 5.97 Å². The Morgan fingerprint density at radius 2 is 2.26 bits per heavy atom. The number of benzene rings is 1. The molecule has 1 saturated heterocycles. The minimum atomic E-state index is -0.760. The molecule has 1 aliphatic heterocycles. The highest BCUT2D eigenvalue weighted by atomic mass is 19.1. The number of aliphatic carboxylic acids is 1. The quantitative estimate of drug-likeness (QED) is 0.911. The van der Waals surface area contributed by atoms with Gasteiger partial charge in [0.15, 0.2) is 0 Å². The molecule has 2 rings (SSSR count). The fraction of sp³-hybridized carbons (Fsp3) is 0.533. The number of nitrogens with zero attached hydrogens (tertiary/aromatic N) is 1. The van der Waals surface area contributed by atoms with E-state index in [0.717, 1.165) is 18.5 Å². The molecule has 0 bridgehead atoms. The first kappa shape index (κ1) is 13.8. The lowest BCUT2D eigenvalue weighted by Crippen LogP contribution is -2.51. The monoisotopic (exact) mass is 265 g/mol. The maximum Gasteiger partial charge on any atom is 0.303 e.